The Bertz CT molecular complexity index is 608. The van der Waals surface area contributed by atoms with Crippen molar-refractivity contribution in [2.24, 2.45) is 11.3 Å². The molecule has 3 atom stereocenters. The van der Waals surface area contributed by atoms with Gasteiger partial charge in [-0.3, -0.25) is 0 Å². The molecule has 1 aliphatic heterocycles. The van der Waals surface area contributed by atoms with Crippen LogP contribution >= 0.6 is 0 Å². The molecule has 1 aromatic rings. The van der Waals surface area contributed by atoms with Gasteiger partial charge in [-0.15, -0.1) is 0 Å². The van der Waals surface area contributed by atoms with E-state index in [4.69, 9.17) is 0 Å². The molecule has 1 saturated carbocycles. The highest BCUT2D eigenvalue weighted by atomic mass is 32.2. The molecule has 2 fully saturated rings. The number of sulfonamides is 1. The van der Waals surface area contributed by atoms with Crippen LogP contribution in [0, 0.1) is 18.3 Å². The van der Waals surface area contributed by atoms with E-state index in [0.29, 0.717) is 17.4 Å². The van der Waals surface area contributed by atoms with Gasteiger partial charge in [-0.05, 0) is 49.7 Å². The third kappa shape index (κ3) is 2.09. The number of hydrogen-bond donors (Lipinski definition) is 0. The van der Waals surface area contributed by atoms with Crippen molar-refractivity contribution < 1.29 is 8.42 Å². The molecule has 3 rings (SSSR count). The van der Waals surface area contributed by atoms with E-state index in [1.807, 2.05) is 19.1 Å². The molecule has 1 saturated heterocycles. The summed E-state index contributed by atoms with van der Waals surface area (Å²) >= 11 is 0. The maximum absolute atomic E-state index is 12.9. The van der Waals surface area contributed by atoms with Crippen LogP contribution in [-0.2, 0) is 10.0 Å². The van der Waals surface area contributed by atoms with Gasteiger partial charge in [-0.1, -0.05) is 31.5 Å². The van der Waals surface area contributed by atoms with Crippen molar-refractivity contribution >= 4 is 10.0 Å². The lowest BCUT2D eigenvalue weighted by Crippen LogP contribution is -2.35. The lowest BCUT2D eigenvalue weighted by atomic mass is 9.70. The van der Waals surface area contributed by atoms with Crippen LogP contribution in [0.3, 0.4) is 0 Å². The summed E-state index contributed by atoms with van der Waals surface area (Å²) in [5.41, 5.74) is 1.24. The third-order valence-corrected chi connectivity index (χ3v) is 7.29. The predicted molar refractivity (Wildman–Crippen MR) is 80.0 cm³/mol. The lowest BCUT2D eigenvalue weighted by Gasteiger charge is -2.34. The molecule has 0 radical (unpaired) electrons. The zero-order chi connectivity index (χ0) is 14.5. The Morgan fingerprint density at radius 2 is 1.85 bits per heavy atom. The van der Waals surface area contributed by atoms with Crippen molar-refractivity contribution in [2.75, 3.05) is 6.54 Å². The Morgan fingerprint density at radius 1 is 1.20 bits per heavy atom. The summed E-state index contributed by atoms with van der Waals surface area (Å²) in [5.74, 6) is 0.608. The molecule has 1 aromatic carbocycles. The molecule has 20 heavy (non-hydrogen) atoms. The zero-order valence-corrected chi connectivity index (χ0v) is 13.3. The van der Waals surface area contributed by atoms with Crippen molar-refractivity contribution in [2.45, 2.75) is 51.0 Å². The first-order valence-electron chi connectivity index (χ1n) is 7.41. The first-order valence-corrected chi connectivity index (χ1v) is 8.85. The molecule has 3 nitrogen and oxygen atoms in total. The van der Waals surface area contributed by atoms with Crippen LogP contribution in [0.25, 0.3) is 0 Å². The SMILES string of the molecule is Cc1ccc(S(=O)(=O)N2C[C@@]3(C)C[C@H]2CC[C@@H]3C)cc1. The molecule has 0 N–H and O–H groups in total. The molecule has 1 aliphatic carbocycles. The Kier molecular flexibility index (Phi) is 3.22. The number of benzene rings is 1. The van der Waals surface area contributed by atoms with Crippen LogP contribution in [-0.4, -0.2) is 25.3 Å². The molecule has 2 aliphatic rings. The molecule has 4 heteroatoms. The minimum Gasteiger partial charge on any atom is -0.207 e. The molecule has 0 spiro atoms. The first-order chi connectivity index (χ1) is 9.33. The van der Waals surface area contributed by atoms with Crippen molar-refractivity contribution in [3.05, 3.63) is 29.8 Å². The molecule has 110 valence electrons. The molecular formula is C16H23NO2S. The van der Waals surface area contributed by atoms with Crippen LogP contribution in [0.15, 0.2) is 29.2 Å². The summed E-state index contributed by atoms with van der Waals surface area (Å²) < 4.78 is 27.5. The Balaban J connectivity index is 1.95. The third-order valence-electron chi connectivity index (χ3n) is 5.38. The van der Waals surface area contributed by atoms with Gasteiger partial charge < -0.3 is 0 Å². The predicted octanol–water partition coefficient (Wildman–Crippen LogP) is 3.19. The van der Waals surface area contributed by atoms with E-state index < -0.39 is 10.0 Å². The van der Waals surface area contributed by atoms with Crippen LogP contribution < -0.4 is 0 Å². The van der Waals surface area contributed by atoms with Crippen molar-refractivity contribution in [3.63, 3.8) is 0 Å². The van der Waals surface area contributed by atoms with Crippen molar-refractivity contribution in [1.82, 2.24) is 4.31 Å². The summed E-state index contributed by atoms with van der Waals surface area (Å²) in [5, 5.41) is 0. The van der Waals surface area contributed by atoms with Crippen molar-refractivity contribution in [3.8, 4) is 0 Å². The van der Waals surface area contributed by atoms with Gasteiger partial charge in [0.1, 0.15) is 0 Å². The first kappa shape index (κ1) is 14.1. The average Bonchev–Trinajstić information content (AvgIpc) is 2.70. The smallest absolute Gasteiger partial charge is 0.207 e. The Hall–Kier alpha value is -0.870. The van der Waals surface area contributed by atoms with E-state index in [1.54, 1.807) is 16.4 Å². The van der Waals surface area contributed by atoms with Crippen molar-refractivity contribution in [1.29, 1.82) is 0 Å². The lowest BCUT2D eigenvalue weighted by molar-refractivity contribution is 0.179. The van der Waals surface area contributed by atoms with Crippen LogP contribution in [0.2, 0.25) is 0 Å². The van der Waals surface area contributed by atoms with E-state index in [1.165, 1.54) is 0 Å². The van der Waals surface area contributed by atoms with Crippen LogP contribution in [0.5, 0.6) is 0 Å². The summed E-state index contributed by atoms with van der Waals surface area (Å²) in [6.07, 6.45) is 3.15. The van der Waals surface area contributed by atoms with Gasteiger partial charge in [0, 0.05) is 12.6 Å². The fourth-order valence-electron chi connectivity index (χ4n) is 3.71. The summed E-state index contributed by atoms with van der Waals surface area (Å²) in [6, 6.07) is 7.42. The molecule has 0 amide bonds. The number of rotatable bonds is 2. The largest absolute Gasteiger partial charge is 0.243 e. The van der Waals surface area contributed by atoms with Gasteiger partial charge >= 0.3 is 0 Å². The van der Waals surface area contributed by atoms with Gasteiger partial charge in [-0.2, -0.15) is 4.31 Å². The number of nitrogens with zero attached hydrogens (tertiary/aromatic N) is 1. The summed E-state index contributed by atoms with van der Waals surface area (Å²) in [4.78, 5) is 0.437. The second kappa shape index (κ2) is 4.57. The fourth-order valence-corrected chi connectivity index (χ4v) is 5.50. The van der Waals surface area contributed by atoms with E-state index in [-0.39, 0.29) is 11.5 Å². The number of aryl methyl sites for hydroxylation is 1. The topological polar surface area (TPSA) is 37.4 Å². The van der Waals surface area contributed by atoms with Gasteiger partial charge in [0.2, 0.25) is 10.0 Å². The second-order valence-corrected chi connectivity index (χ2v) is 8.74. The highest BCUT2D eigenvalue weighted by molar-refractivity contribution is 7.89. The highest BCUT2D eigenvalue weighted by Gasteiger charge is 2.51. The van der Waals surface area contributed by atoms with Crippen LogP contribution in [0.4, 0.5) is 0 Å². The van der Waals surface area contributed by atoms with Gasteiger partial charge in [0.15, 0.2) is 0 Å². The van der Waals surface area contributed by atoms with Crippen LogP contribution in [0.1, 0.15) is 38.7 Å². The number of hydrogen-bond acceptors (Lipinski definition) is 2. The van der Waals surface area contributed by atoms with E-state index in [2.05, 4.69) is 13.8 Å². The van der Waals surface area contributed by atoms with Gasteiger partial charge in [-0.25, -0.2) is 8.42 Å². The second-order valence-electron chi connectivity index (χ2n) is 6.85. The van der Waals surface area contributed by atoms with E-state index >= 15 is 0 Å². The quantitative estimate of drug-likeness (QED) is 0.839. The van der Waals surface area contributed by atoms with Gasteiger partial charge in [0.25, 0.3) is 0 Å². The summed E-state index contributed by atoms with van der Waals surface area (Å²) in [7, 11) is -3.34. The maximum Gasteiger partial charge on any atom is 0.243 e. The van der Waals surface area contributed by atoms with Gasteiger partial charge in [0.05, 0.1) is 4.90 Å². The minimum absolute atomic E-state index is 0.153. The molecule has 0 aromatic heterocycles. The Morgan fingerprint density at radius 3 is 2.45 bits per heavy atom. The summed E-state index contributed by atoms with van der Waals surface area (Å²) in [6.45, 7) is 7.16. The zero-order valence-electron chi connectivity index (χ0n) is 12.5. The standard InChI is InChI=1S/C16H23NO2S/c1-12-4-8-15(9-5-12)20(18,19)17-11-16(3)10-14(17)7-6-13(16)2/h4-5,8-9,13-14H,6-7,10-11H2,1-3H3/t13-,14+,16+/m0/s1. The maximum atomic E-state index is 12.9. The van der Waals surface area contributed by atoms with E-state index in [9.17, 15) is 8.42 Å². The average molecular weight is 293 g/mol. The van der Waals surface area contributed by atoms with E-state index in [0.717, 1.165) is 24.8 Å². The molecule has 0 unspecified atom stereocenters. The minimum atomic E-state index is -3.34. The fraction of sp³-hybridized carbons (Fsp3) is 0.625. The molecule has 1 heterocycles. The number of fused-ring (bicyclic) bond motifs is 2. The Labute approximate surface area is 122 Å². The molecular weight excluding hydrogens is 270 g/mol. The highest BCUT2D eigenvalue weighted by Crippen LogP contribution is 2.50. The monoisotopic (exact) mass is 293 g/mol. The molecule has 2 bridgehead atoms. The normalized spacial score (nSPS) is 34.4.